The molecule has 1 aromatic carbocycles. The van der Waals surface area contributed by atoms with Gasteiger partial charge in [0.1, 0.15) is 17.3 Å². The Hall–Kier alpha value is -2.28. The first kappa shape index (κ1) is 18.1. The van der Waals surface area contributed by atoms with Crippen molar-refractivity contribution >= 4 is 5.91 Å². The lowest BCUT2D eigenvalue weighted by Crippen LogP contribution is -2.25. The molecule has 0 aliphatic carbocycles. The number of amides is 1. The molecule has 2 N–H and O–H groups in total. The van der Waals surface area contributed by atoms with Crippen molar-refractivity contribution in [2.45, 2.75) is 32.7 Å². The van der Waals surface area contributed by atoms with Gasteiger partial charge in [0, 0.05) is 31.0 Å². The summed E-state index contributed by atoms with van der Waals surface area (Å²) >= 11 is 0. The van der Waals surface area contributed by atoms with Gasteiger partial charge in [0.2, 0.25) is 0 Å². The Balaban J connectivity index is 2.48. The SMILES string of the molecule is CC(C)(C)n1cc(C(=O)NCCCO)c(-c2ccc(F)cc2F)n1. The Kier molecular flexibility index (Phi) is 5.33. The number of benzene rings is 1. The van der Waals surface area contributed by atoms with Gasteiger partial charge in [0.05, 0.1) is 11.1 Å². The van der Waals surface area contributed by atoms with E-state index in [1.54, 1.807) is 10.9 Å². The zero-order chi connectivity index (χ0) is 17.9. The summed E-state index contributed by atoms with van der Waals surface area (Å²) in [5, 5.41) is 15.8. The highest BCUT2D eigenvalue weighted by Crippen LogP contribution is 2.28. The van der Waals surface area contributed by atoms with E-state index in [0.717, 1.165) is 12.1 Å². The minimum Gasteiger partial charge on any atom is -0.396 e. The van der Waals surface area contributed by atoms with Crippen molar-refractivity contribution in [3.05, 3.63) is 41.6 Å². The molecule has 0 radical (unpaired) electrons. The molecule has 0 bridgehead atoms. The molecule has 7 heteroatoms. The Morgan fingerprint density at radius 3 is 2.62 bits per heavy atom. The highest BCUT2D eigenvalue weighted by Gasteiger charge is 2.24. The van der Waals surface area contributed by atoms with E-state index in [0.29, 0.717) is 13.0 Å². The van der Waals surface area contributed by atoms with Gasteiger partial charge in [-0.15, -0.1) is 0 Å². The molecule has 0 aliphatic rings. The number of aliphatic hydroxyl groups is 1. The number of nitrogens with zero attached hydrogens (tertiary/aromatic N) is 2. The summed E-state index contributed by atoms with van der Waals surface area (Å²) in [5.41, 5.74) is 0.0125. The van der Waals surface area contributed by atoms with Crippen molar-refractivity contribution in [1.82, 2.24) is 15.1 Å². The number of aromatic nitrogens is 2. The lowest BCUT2D eigenvalue weighted by molar-refractivity contribution is 0.0951. The molecule has 2 aromatic rings. The predicted octanol–water partition coefficient (Wildman–Crippen LogP) is 2.70. The largest absolute Gasteiger partial charge is 0.396 e. The summed E-state index contributed by atoms with van der Waals surface area (Å²) < 4.78 is 28.9. The predicted molar refractivity (Wildman–Crippen MR) is 86.6 cm³/mol. The Bertz CT molecular complexity index is 736. The summed E-state index contributed by atoms with van der Waals surface area (Å²) in [6.07, 6.45) is 1.96. The normalized spacial score (nSPS) is 11.6. The van der Waals surface area contributed by atoms with E-state index < -0.39 is 23.1 Å². The first-order chi connectivity index (χ1) is 11.2. The number of carbonyl (C=O) groups excluding carboxylic acids is 1. The number of carbonyl (C=O) groups is 1. The third-order valence-corrected chi connectivity index (χ3v) is 3.45. The van der Waals surface area contributed by atoms with Gasteiger partial charge < -0.3 is 10.4 Å². The lowest BCUT2D eigenvalue weighted by atomic mass is 10.1. The molecule has 0 spiro atoms. The summed E-state index contributed by atoms with van der Waals surface area (Å²) in [4.78, 5) is 12.4. The van der Waals surface area contributed by atoms with Gasteiger partial charge in [0.25, 0.3) is 5.91 Å². The molecule has 2 rings (SSSR count). The molecule has 130 valence electrons. The fourth-order valence-electron chi connectivity index (χ4n) is 2.14. The second-order valence-corrected chi connectivity index (χ2v) is 6.46. The van der Waals surface area contributed by atoms with Crippen LogP contribution >= 0.6 is 0 Å². The minimum atomic E-state index is -0.779. The molecule has 0 saturated heterocycles. The third-order valence-electron chi connectivity index (χ3n) is 3.45. The van der Waals surface area contributed by atoms with Gasteiger partial charge >= 0.3 is 0 Å². The number of rotatable bonds is 5. The second kappa shape index (κ2) is 7.09. The van der Waals surface area contributed by atoms with Gasteiger partial charge in [-0.1, -0.05) is 0 Å². The van der Waals surface area contributed by atoms with Crippen LogP contribution in [0.1, 0.15) is 37.6 Å². The van der Waals surface area contributed by atoms with Crippen molar-refractivity contribution < 1.29 is 18.7 Å². The van der Waals surface area contributed by atoms with Crippen LogP contribution in [0.15, 0.2) is 24.4 Å². The molecular weight excluding hydrogens is 316 g/mol. The summed E-state index contributed by atoms with van der Waals surface area (Å²) in [5.74, 6) is -1.89. The van der Waals surface area contributed by atoms with Crippen LogP contribution < -0.4 is 5.32 Å². The number of halogens is 2. The monoisotopic (exact) mass is 337 g/mol. The van der Waals surface area contributed by atoms with Gasteiger partial charge in [0.15, 0.2) is 0 Å². The minimum absolute atomic E-state index is 0.0407. The Morgan fingerprint density at radius 2 is 2.04 bits per heavy atom. The van der Waals surface area contributed by atoms with Crippen LogP contribution in [-0.4, -0.2) is 33.9 Å². The van der Waals surface area contributed by atoms with Crippen LogP contribution in [0.25, 0.3) is 11.3 Å². The van der Waals surface area contributed by atoms with Gasteiger partial charge in [-0.05, 0) is 39.3 Å². The quantitative estimate of drug-likeness (QED) is 0.825. The zero-order valence-corrected chi connectivity index (χ0v) is 13.9. The van der Waals surface area contributed by atoms with Gasteiger partial charge in [-0.25, -0.2) is 8.78 Å². The third kappa shape index (κ3) is 3.97. The molecule has 0 saturated carbocycles. The first-order valence-corrected chi connectivity index (χ1v) is 7.68. The van der Waals surface area contributed by atoms with Crippen LogP contribution in [-0.2, 0) is 5.54 Å². The van der Waals surface area contributed by atoms with E-state index >= 15 is 0 Å². The second-order valence-electron chi connectivity index (χ2n) is 6.46. The number of hydrogen-bond donors (Lipinski definition) is 2. The maximum atomic E-state index is 14.1. The van der Waals surface area contributed by atoms with Crippen LogP contribution in [0.4, 0.5) is 8.78 Å². The van der Waals surface area contributed by atoms with Gasteiger partial charge in [-0.2, -0.15) is 5.10 Å². The standard InChI is InChI=1S/C17H21F2N3O2/c1-17(2,3)22-10-13(16(24)20-7-4-8-23)15(21-22)12-6-5-11(18)9-14(12)19/h5-6,9-10,23H,4,7-8H2,1-3H3,(H,20,24). The molecular formula is C17H21F2N3O2. The summed E-state index contributed by atoms with van der Waals surface area (Å²) in [6.45, 7) is 5.96. The van der Waals surface area contributed by atoms with E-state index in [-0.39, 0.29) is 23.4 Å². The van der Waals surface area contributed by atoms with Crippen LogP contribution in [0.2, 0.25) is 0 Å². The molecule has 1 aromatic heterocycles. The fraction of sp³-hybridized carbons (Fsp3) is 0.412. The van der Waals surface area contributed by atoms with E-state index in [4.69, 9.17) is 5.11 Å². The van der Waals surface area contributed by atoms with Gasteiger partial charge in [-0.3, -0.25) is 9.48 Å². The molecule has 0 atom stereocenters. The van der Waals surface area contributed by atoms with Crippen LogP contribution in [0, 0.1) is 11.6 Å². The average Bonchev–Trinajstić information content (AvgIpc) is 2.92. The molecule has 5 nitrogen and oxygen atoms in total. The van der Waals surface area contributed by atoms with Crippen LogP contribution in [0.3, 0.4) is 0 Å². The van der Waals surface area contributed by atoms with Crippen molar-refractivity contribution in [3.8, 4) is 11.3 Å². The van der Waals surface area contributed by atoms with Crippen molar-refractivity contribution in [2.24, 2.45) is 0 Å². The van der Waals surface area contributed by atoms with Crippen molar-refractivity contribution in [1.29, 1.82) is 0 Å². The summed E-state index contributed by atoms with van der Waals surface area (Å²) in [6, 6.07) is 3.16. The molecule has 1 amide bonds. The molecule has 1 heterocycles. The summed E-state index contributed by atoms with van der Waals surface area (Å²) in [7, 11) is 0. The zero-order valence-electron chi connectivity index (χ0n) is 13.9. The maximum absolute atomic E-state index is 14.1. The van der Waals surface area contributed by atoms with Crippen LogP contribution in [0.5, 0.6) is 0 Å². The highest BCUT2D eigenvalue weighted by molar-refractivity contribution is 5.99. The smallest absolute Gasteiger partial charge is 0.255 e. The van der Waals surface area contributed by atoms with Crippen molar-refractivity contribution in [2.75, 3.05) is 13.2 Å². The molecule has 0 aliphatic heterocycles. The highest BCUT2D eigenvalue weighted by atomic mass is 19.1. The molecule has 24 heavy (non-hydrogen) atoms. The van der Waals surface area contributed by atoms with E-state index in [2.05, 4.69) is 10.4 Å². The Labute approximate surface area is 139 Å². The van der Waals surface area contributed by atoms with E-state index in [1.807, 2.05) is 20.8 Å². The first-order valence-electron chi connectivity index (χ1n) is 7.68. The number of hydrogen-bond acceptors (Lipinski definition) is 3. The molecule has 0 unspecified atom stereocenters. The maximum Gasteiger partial charge on any atom is 0.255 e. The topological polar surface area (TPSA) is 67.2 Å². The number of aliphatic hydroxyl groups excluding tert-OH is 1. The van der Waals surface area contributed by atoms with E-state index in [9.17, 15) is 13.6 Å². The van der Waals surface area contributed by atoms with Crippen molar-refractivity contribution in [3.63, 3.8) is 0 Å². The van der Waals surface area contributed by atoms with E-state index in [1.165, 1.54) is 6.07 Å². The Morgan fingerprint density at radius 1 is 1.33 bits per heavy atom. The number of nitrogens with one attached hydrogen (secondary N) is 1. The average molecular weight is 337 g/mol. The fourth-order valence-corrected chi connectivity index (χ4v) is 2.14. The lowest BCUT2D eigenvalue weighted by Gasteiger charge is -2.18. The molecule has 0 fully saturated rings.